The lowest BCUT2D eigenvalue weighted by Crippen LogP contribution is -2.46. The number of aliphatic hydroxyl groups is 5. The van der Waals surface area contributed by atoms with Crippen LogP contribution in [0.4, 0.5) is 0 Å². The first-order chi connectivity index (χ1) is 5.87. The highest BCUT2D eigenvalue weighted by Gasteiger charge is 2.29. The highest BCUT2D eigenvalue weighted by molar-refractivity contribution is 5.56. The van der Waals surface area contributed by atoms with Crippen LogP contribution in [0.2, 0.25) is 0 Å². The molecule has 4 atom stereocenters. The molecule has 0 unspecified atom stereocenters. The van der Waals surface area contributed by atoms with Crippen molar-refractivity contribution in [1.82, 2.24) is 0 Å². The van der Waals surface area contributed by atoms with Crippen LogP contribution in [-0.4, -0.2) is 62.8 Å². The van der Waals surface area contributed by atoms with E-state index in [2.05, 4.69) is 0 Å². The lowest BCUT2D eigenvalue weighted by molar-refractivity contribution is -0.136. The Balaban J connectivity index is 4.51. The number of hydrogen-bond acceptors (Lipinski definition) is 6. The van der Waals surface area contributed by atoms with Crippen LogP contribution in [0.15, 0.2) is 0 Å². The van der Waals surface area contributed by atoms with E-state index in [-0.39, 0.29) is 6.29 Å². The number of aliphatic hydroxyl groups excluding tert-OH is 4. The van der Waals surface area contributed by atoms with Gasteiger partial charge in [0, 0.05) is 0 Å². The fourth-order valence-electron chi connectivity index (χ4n) is 0.542. The summed E-state index contributed by atoms with van der Waals surface area (Å²) in [5, 5.41) is 43.9. The highest BCUT2D eigenvalue weighted by Crippen LogP contribution is 2.02. The second kappa shape index (κ2) is 5.18. The summed E-state index contributed by atoms with van der Waals surface area (Å²) in [7, 11) is 0. The number of hydrogen-bond donors (Lipinski definition) is 5. The molecule has 72 valence electrons. The predicted molar refractivity (Wildman–Crippen MR) is 37.2 cm³/mol. The molecule has 0 aromatic heterocycles. The summed E-state index contributed by atoms with van der Waals surface area (Å²) >= 11 is 0. The monoisotopic (exact) mass is 181 g/mol. The quantitative estimate of drug-likeness (QED) is 0.282. The minimum Gasteiger partial charge on any atom is -0.394 e. The Kier molecular flexibility index (Phi) is 4.12. The van der Waals surface area contributed by atoms with Gasteiger partial charge in [-0.2, -0.15) is 0 Å². The molecule has 5 N–H and O–H groups in total. The van der Waals surface area contributed by atoms with Gasteiger partial charge in [-0.05, 0) is 0 Å². The van der Waals surface area contributed by atoms with Gasteiger partial charge in [-0.3, -0.25) is 0 Å². The van der Waals surface area contributed by atoms with E-state index in [1.54, 1.807) is 0 Å². The average Bonchev–Trinajstić information content (AvgIpc) is 2.13. The van der Waals surface area contributed by atoms with Crippen molar-refractivity contribution in [2.45, 2.75) is 24.4 Å². The molecular formula is C6H12O6. The topological polar surface area (TPSA) is 118 Å². The lowest BCUT2D eigenvalue weighted by Gasteiger charge is -2.22. The van der Waals surface area contributed by atoms with Crippen LogP contribution >= 0.6 is 0 Å². The van der Waals surface area contributed by atoms with Gasteiger partial charge in [-0.1, -0.05) is 0 Å². The molecule has 6 nitrogen and oxygen atoms in total. The second-order valence-corrected chi connectivity index (χ2v) is 2.20. The molecule has 0 aliphatic rings. The summed E-state index contributed by atoms with van der Waals surface area (Å²) in [6, 6.07) is 0. The molecular weight excluding hydrogens is 168 g/mol. The Morgan fingerprint density at radius 2 is 1.83 bits per heavy atom. The molecule has 0 aliphatic heterocycles. The third-order valence-corrected chi connectivity index (χ3v) is 1.29. The Labute approximate surface area is 70.1 Å². The van der Waals surface area contributed by atoms with E-state index in [9.17, 15) is 4.79 Å². The molecule has 0 rings (SSSR count). The molecule has 0 heterocycles. The van der Waals surface area contributed by atoms with Crippen LogP contribution in [0.25, 0.3) is 0 Å². The first-order valence-corrected chi connectivity index (χ1v) is 3.20. The van der Waals surface area contributed by atoms with Gasteiger partial charge in [0.1, 0.15) is 24.4 Å². The smallest absolute Gasteiger partial charge is 0.151 e. The molecule has 0 amide bonds. The fraction of sp³-hybridized carbons (Fsp3) is 0.833. The molecule has 0 aliphatic carbocycles. The second-order valence-electron chi connectivity index (χ2n) is 2.20. The van der Waals surface area contributed by atoms with Crippen LogP contribution in [0.1, 0.15) is 1.37 Å². The van der Waals surface area contributed by atoms with Gasteiger partial charge in [-0.25, -0.2) is 0 Å². The van der Waals surface area contributed by atoms with Crippen LogP contribution in [0, 0.1) is 0 Å². The van der Waals surface area contributed by atoms with E-state index in [0.717, 1.165) is 0 Å². The Bertz CT molecular complexity index is 173. The van der Waals surface area contributed by atoms with E-state index in [1.807, 2.05) is 0 Å². The summed E-state index contributed by atoms with van der Waals surface area (Å²) in [6.07, 6.45) is -9.15. The SMILES string of the molecule is [2H][C@@](O)([C@H](O)C=O)[C@H](O)[C@H](O)CO. The van der Waals surface area contributed by atoms with Crippen molar-refractivity contribution < 1.29 is 31.7 Å². The summed E-state index contributed by atoms with van der Waals surface area (Å²) in [6.45, 7) is -0.895. The van der Waals surface area contributed by atoms with Crippen LogP contribution in [0.5, 0.6) is 0 Å². The molecule has 6 heteroatoms. The van der Waals surface area contributed by atoms with Gasteiger partial charge in [0.05, 0.1) is 7.98 Å². The standard InChI is InChI=1S/C6H12O6/c7-1-3(9)5(11)6(12)4(10)2-8/h1,3-6,8-12H,2H2/t3-,4-,5-,6-/m1/s1/i5D. The highest BCUT2D eigenvalue weighted by atomic mass is 16.4. The lowest BCUT2D eigenvalue weighted by atomic mass is 10.0. The van der Waals surface area contributed by atoms with Crippen molar-refractivity contribution in [3.8, 4) is 0 Å². The molecule has 0 aromatic carbocycles. The van der Waals surface area contributed by atoms with Crippen molar-refractivity contribution in [1.29, 1.82) is 0 Å². The normalized spacial score (nSPS) is 24.9. The van der Waals surface area contributed by atoms with Crippen molar-refractivity contribution in [2.75, 3.05) is 6.61 Å². The van der Waals surface area contributed by atoms with Gasteiger partial charge >= 0.3 is 0 Å². The maximum Gasteiger partial charge on any atom is 0.151 e. The number of carbonyl (C=O) groups is 1. The van der Waals surface area contributed by atoms with Gasteiger partial charge in [0.25, 0.3) is 0 Å². The van der Waals surface area contributed by atoms with Crippen LogP contribution in [0.3, 0.4) is 0 Å². The zero-order chi connectivity index (χ0) is 10.6. The zero-order valence-electron chi connectivity index (χ0n) is 7.16. The van der Waals surface area contributed by atoms with Gasteiger partial charge in [0.2, 0.25) is 0 Å². The maximum atomic E-state index is 9.98. The Morgan fingerprint density at radius 1 is 1.33 bits per heavy atom. The molecule has 12 heavy (non-hydrogen) atoms. The molecule has 0 fully saturated rings. The first-order valence-electron chi connectivity index (χ1n) is 3.70. The molecule has 0 radical (unpaired) electrons. The van der Waals surface area contributed by atoms with E-state index in [4.69, 9.17) is 26.9 Å². The Hall–Kier alpha value is -0.530. The molecule has 0 saturated heterocycles. The fourth-order valence-corrected chi connectivity index (χ4v) is 0.542. The summed E-state index contributed by atoms with van der Waals surface area (Å²) in [5.74, 6) is 0. The van der Waals surface area contributed by atoms with E-state index < -0.39 is 31.0 Å². The zero-order valence-corrected chi connectivity index (χ0v) is 6.16. The summed E-state index contributed by atoms with van der Waals surface area (Å²) in [4.78, 5) is 9.98. The Morgan fingerprint density at radius 3 is 2.17 bits per heavy atom. The molecule has 0 bridgehead atoms. The van der Waals surface area contributed by atoms with Crippen molar-refractivity contribution in [3.05, 3.63) is 0 Å². The minimum atomic E-state index is -2.93. The van der Waals surface area contributed by atoms with Crippen molar-refractivity contribution in [3.63, 3.8) is 0 Å². The third kappa shape index (κ3) is 2.84. The van der Waals surface area contributed by atoms with Gasteiger partial charge in [-0.15, -0.1) is 0 Å². The molecule has 0 spiro atoms. The van der Waals surface area contributed by atoms with Crippen LogP contribution < -0.4 is 0 Å². The van der Waals surface area contributed by atoms with E-state index in [0.29, 0.717) is 0 Å². The largest absolute Gasteiger partial charge is 0.394 e. The number of rotatable bonds is 5. The van der Waals surface area contributed by atoms with Gasteiger partial charge in [0.15, 0.2) is 6.29 Å². The number of aldehydes is 1. The summed E-state index contributed by atoms with van der Waals surface area (Å²) < 4.78 is 6.93. The first kappa shape index (κ1) is 9.56. The third-order valence-electron chi connectivity index (χ3n) is 1.29. The van der Waals surface area contributed by atoms with Crippen molar-refractivity contribution in [2.24, 2.45) is 0 Å². The molecule has 0 saturated carbocycles. The van der Waals surface area contributed by atoms with E-state index >= 15 is 0 Å². The van der Waals surface area contributed by atoms with Crippen LogP contribution in [-0.2, 0) is 4.79 Å². The predicted octanol–water partition coefficient (Wildman–Crippen LogP) is -3.38. The maximum absolute atomic E-state index is 9.98. The number of carbonyl (C=O) groups excluding carboxylic acids is 1. The van der Waals surface area contributed by atoms with Crippen molar-refractivity contribution >= 4 is 6.29 Å². The van der Waals surface area contributed by atoms with Gasteiger partial charge < -0.3 is 30.3 Å². The van der Waals surface area contributed by atoms with E-state index in [1.165, 1.54) is 0 Å². The summed E-state index contributed by atoms with van der Waals surface area (Å²) in [5.41, 5.74) is 0. The minimum absolute atomic E-state index is 0.152. The molecule has 0 aromatic rings. The average molecular weight is 181 g/mol.